The van der Waals surface area contributed by atoms with Gasteiger partial charge in [-0.1, -0.05) is 13.0 Å². The molecule has 2 aromatic rings. The molecule has 0 spiro atoms. The fraction of sp³-hybridized carbons (Fsp3) is 0.267. The first-order valence-electron chi connectivity index (χ1n) is 6.72. The highest BCUT2D eigenvalue weighted by Crippen LogP contribution is 2.32. The Morgan fingerprint density at radius 3 is 2.86 bits per heavy atom. The van der Waals surface area contributed by atoms with Crippen LogP contribution in [0.15, 0.2) is 36.7 Å². The Kier molecular flexibility index (Phi) is 4.71. The molecule has 1 N–H and O–H groups in total. The molecule has 6 heteroatoms. The summed E-state index contributed by atoms with van der Waals surface area (Å²) in [4.78, 5) is 14.6. The van der Waals surface area contributed by atoms with Crippen LogP contribution in [0.1, 0.15) is 18.9 Å². The Bertz CT molecular complexity index is 644. The molecule has 110 valence electrons. The van der Waals surface area contributed by atoms with Crippen molar-refractivity contribution in [1.82, 2.24) is 4.98 Å². The average Bonchev–Trinajstić information content (AvgIpc) is 2.45. The van der Waals surface area contributed by atoms with Crippen LogP contribution in [0.2, 0.25) is 0 Å². The van der Waals surface area contributed by atoms with E-state index in [1.54, 1.807) is 24.4 Å². The minimum absolute atomic E-state index is 0.0625. The smallest absolute Gasteiger partial charge is 0.311 e. The molecule has 0 unspecified atom stereocenters. The second-order valence-electron chi connectivity index (χ2n) is 4.67. The van der Waals surface area contributed by atoms with Crippen LogP contribution in [0, 0.1) is 17.0 Å². The van der Waals surface area contributed by atoms with Crippen molar-refractivity contribution in [2.24, 2.45) is 0 Å². The second kappa shape index (κ2) is 6.69. The standard InChI is InChI=1S/C15H17N3O3/c1-3-6-17-12-8-13(10-16-9-12)21-15-7-11(2)4-5-14(15)18(19)20/h4-5,7-10,17H,3,6H2,1-2H3. The van der Waals surface area contributed by atoms with Crippen LogP contribution in [0.4, 0.5) is 11.4 Å². The minimum Gasteiger partial charge on any atom is -0.448 e. The quantitative estimate of drug-likeness (QED) is 0.643. The zero-order chi connectivity index (χ0) is 15.2. The molecule has 0 radical (unpaired) electrons. The van der Waals surface area contributed by atoms with Crippen LogP contribution in [0.5, 0.6) is 11.5 Å². The topological polar surface area (TPSA) is 77.3 Å². The van der Waals surface area contributed by atoms with Gasteiger partial charge in [0.2, 0.25) is 5.75 Å². The number of anilines is 1. The Balaban J connectivity index is 2.25. The van der Waals surface area contributed by atoms with Crippen molar-refractivity contribution in [1.29, 1.82) is 0 Å². The molecule has 0 bridgehead atoms. The molecule has 1 heterocycles. The number of pyridine rings is 1. The third kappa shape index (κ3) is 3.92. The van der Waals surface area contributed by atoms with E-state index in [1.807, 2.05) is 6.92 Å². The molecular weight excluding hydrogens is 270 g/mol. The highest BCUT2D eigenvalue weighted by atomic mass is 16.6. The normalized spacial score (nSPS) is 10.2. The largest absolute Gasteiger partial charge is 0.448 e. The maximum Gasteiger partial charge on any atom is 0.311 e. The number of aryl methyl sites for hydroxylation is 1. The number of nitrogens with zero attached hydrogens (tertiary/aromatic N) is 2. The summed E-state index contributed by atoms with van der Waals surface area (Å²) in [7, 11) is 0. The summed E-state index contributed by atoms with van der Waals surface area (Å²) in [6.07, 6.45) is 4.21. The van der Waals surface area contributed by atoms with Gasteiger partial charge in [-0.05, 0) is 25.0 Å². The Morgan fingerprint density at radius 1 is 1.33 bits per heavy atom. The number of ether oxygens (including phenoxy) is 1. The Hall–Kier alpha value is -2.63. The summed E-state index contributed by atoms with van der Waals surface area (Å²) in [6, 6.07) is 6.54. The van der Waals surface area contributed by atoms with Gasteiger partial charge in [-0.3, -0.25) is 15.1 Å². The van der Waals surface area contributed by atoms with Crippen LogP contribution >= 0.6 is 0 Å². The van der Waals surface area contributed by atoms with E-state index < -0.39 is 4.92 Å². The Labute approximate surface area is 122 Å². The molecule has 0 amide bonds. The maximum atomic E-state index is 11.0. The van der Waals surface area contributed by atoms with Gasteiger partial charge >= 0.3 is 5.69 Å². The van der Waals surface area contributed by atoms with Crippen molar-refractivity contribution in [3.8, 4) is 11.5 Å². The van der Waals surface area contributed by atoms with E-state index in [2.05, 4.69) is 17.2 Å². The van der Waals surface area contributed by atoms with Crippen LogP contribution < -0.4 is 10.1 Å². The predicted molar refractivity (Wildman–Crippen MR) is 80.9 cm³/mol. The summed E-state index contributed by atoms with van der Waals surface area (Å²) in [5.74, 6) is 0.680. The number of nitro benzene ring substituents is 1. The predicted octanol–water partition coefficient (Wildman–Crippen LogP) is 3.91. The SMILES string of the molecule is CCCNc1cncc(Oc2cc(C)ccc2[N+](=O)[O-])c1. The second-order valence-corrected chi connectivity index (χ2v) is 4.67. The van der Waals surface area contributed by atoms with E-state index in [0.29, 0.717) is 5.75 Å². The lowest BCUT2D eigenvalue weighted by atomic mass is 10.2. The van der Waals surface area contributed by atoms with Crippen molar-refractivity contribution in [2.75, 3.05) is 11.9 Å². The first kappa shape index (κ1) is 14.8. The van der Waals surface area contributed by atoms with Crippen LogP contribution in [-0.2, 0) is 0 Å². The third-order valence-electron chi connectivity index (χ3n) is 2.83. The lowest BCUT2D eigenvalue weighted by Gasteiger charge is -2.09. The summed E-state index contributed by atoms with van der Waals surface area (Å²) in [6.45, 7) is 4.75. The van der Waals surface area contributed by atoms with Gasteiger partial charge in [-0.25, -0.2) is 0 Å². The zero-order valence-corrected chi connectivity index (χ0v) is 12.0. The molecular formula is C15H17N3O3. The van der Waals surface area contributed by atoms with E-state index in [4.69, 9.17) is 4.74 Å². The van der Waals surface area contributed by atoms with E-state index in [1.165, 1.54) is 12.3 Å². The fourth-order valence-electron chi connectivity index (χ4n) is 1.82. The van der Waals surface area contributed by atoms with Crippen LogP contribution in [0.25, 0.3) is 0 Å². The Morgan fingerprint density at radius 2 is 2.14 bits per heavy atom. The van der Waals surface area contributed by atoms with E-state index in [0.717, 1.165) is 24.2 Å². The monoisotopic (exact) mass is 287 g/mol. The molecule has 0 fully saturated rings. The summed E-state index contributed by atoms with van der Waals surface area (Å²) in [5.41, 5.74) is 1.65. The maximum absolute atomic E-state index is 11.0. The number of rotatable bonds is 6. The molecule has 6 nitrogen and oxygen atoms in total. The molecule has 0 aliphatic carbocycles. The van der Waals surface area contributed by atoms with Crippen molar-refractivity contribution < 1.29 is 9.66 Å². The number of benzene rings is 1. The molecule has 0 atom stereocenters. The molecule has 1 aromatic carbocycles. The van der Waals surface area contributed by atoms with Gasteiger partial charge in [0.15, 0.2) is 0 Å². The lowest BCUT2D eigenvalue weighted by Crippen LogP contribution is -2.00. The summed E-state index contributed by atoms with van der Waals surface area (Å²) < 4.78 is 5.63. The highest BCUT2D eigenvalue weighted by molar-refractivity contribution is 5.52. The minimum atomic E-state index is -0.457. The van der Waals surface area contributed by atoms with Gasteiger partial charge in [0.25, 0.3) is 0 Å². The molecule has 2 rings (SSSR count). The van der Waals surface area contributed by atoms with Crippen molar-refractivity contribution in [3.05, 3.63) is 52.3 Å². The third-order valence-corrected chi connectivity index (χ3v) is 2.83. The van der Waals surface area contributed by atoms with Gasteiger partial charge in [-0.15, -0.1) is 0 Å². The van der Waals surface area contributed by atoms with Gasteiger partial charge < -0.3 is 10.1 Å². The van der Waals surface area contributed by atoms with E-state index in [9.17, 15) is 10.1 Å². The van der Waals surface area contributed by atoms with Crippen molar-refractivity contribution in [3.63, 3.8) is 0 Å². The van der Waals surface area contributed by atoms with Gasteiger partial charge in [0.05, 0.1) is 23.0 Å². The fourth-order valence-corrected chi connectivity index (χ4v) is 1.82. The molecule has 1 aromatic heterocycles. The number of aromatic nitrogens is 1. The first-order valence-corrected chi connectivity index (χ1v) is 6.72. The summed E-state index contributed by atoms with van der Waals surface area (Å²) in [5, 5.41) is 14.2. The van der Waals surface area contributed by atoms with Gasteiger partial charge in [0, 0.05) is 18.7 Å². The van der Waals surface area contributed by atoms with Gasteiger partial charge in [0.1, 0.15) is 5.75 Å². The number of nitro groups is 1. The summed E-state index contributed by atoms with van der Waals surface area (Å²) >= 11 is 0. The zero-order valence-electron chi connectivity index (χ0n) is 12.0. The van der Waals surface area contributed by atoms with E-state index in [-0.39, 0.29) is 11.4 Å². The molecule has 0 aliphatic rings. The molecule has 0 aliphatic heterocycles. The highest BCUT2D eigenvalue weighted by Gasteiger charge is 2.15. The molecule has 21 heavy (non-hydrogen) atoms. The first-order chi connectivity index (χ1) is 10.1. The van der Waals surface area contributed by atoms with E-state index >= 15 is 0 Å². The molecule has 0 saturated heterocycles. The number of nitrogens with one attached hydrogen (secondary N) is 1. The number of hydrogen-bond donors (Lipinski definition) is 1. The van der Waals surface area contributed by atoms with Crippen LogP contribution in [0.3, 0.4) is 0 Å². The number of hydrogen-bond acceptors (Lipinski definition) is 5. The van der Waals surface area contributed by atoms with Crippen LogP contribution in [-0.4, -0.2) is 16.5 Å². The van der Waals surface area contributed by atoms with Crippen molar-refractivity contribution >= 4 is 11.4 Å². The lowest BCUT2D eigenvalue weighted by molar-refractivity contribution is -0.385. The van der Waals surface area contributed by atoms with Gasteiger partial charge in [-0.2, -0.15) is 0 Å². The average molecular weight is 287 g/mol. The molecule has 0 saturated carbocycles. The van der Waals surface area contributed by atoms with Crippen molar-refractivity contribution in [2.45, 2.75) is 20.3 Å².